The van der Waals surface area contributed by atoms with Gasteiger partial charge in [-0.05, 0) is 66.8 Å². The molecule has 176 valence electrons. The van der Waals surface area contributed by atoms with Gasteiger partial charge in [-0.25, -0.2) is 4.79 Å². The molecular weight excluding hydrogens is 486 g/mol. The summed E-state index contributed by atoms with van der Waals surface area (Å²) in [7, 11) is 1.56. The molecule has 0 amide bonds. The van der Waals surface area contributed by atoms with Crippen LogP contribution >= 0.6 is 23.8 Å². The molecule has 0 bridgehead atoms. The quantitative estimate of drug-likeness (QED) is 0.314. The Morgan fingerprint density at radius 3 is 2.71 bits per heavy atom. The number of aromatic carboxylic acids is 1. The highest BCUT2D eigenvalue weighted by Crippen LogP contribution is 2.44. The molecule has 0 radical (unpaired) electrons. The first-order valence-electron chi connectivity index (χ1n) is 10.7. The van der Waals surface area contributed by atoms with Gasteiger partial charge in [-0.2, -0.15) is 0 Å². The number of pyridine rings is 1. The van der Waals surface area contributed by atoms with E-state index in [1.54, 1.807) is 43.6 Å². The number of hydrogen-bond donors (Lipinski definition) is 2. The van der Waals surface area contributed by atoms with Gasteiger partial charge < -0.3 is 24.5 Å². The number of benzene rings is 2. The van der Waals surface area contributed by atoms with Gasteiger partial charge in [-0.1, -0.05) is 29.8 Å². The number of carboxylic acid groups (broad SMARTS) is 1. The molecule has 2 N–H and O–H groups in total. The summed E-state index contributed by atoms with van der Waals surface area (Å²) in [5.41, 5.74) is 2.42. The van der Waals surface area contributed by atoms with E-state index in [-0.39, 0.29) is 17.6 Å². The first-order valence-corrected chi connectivity index (χ1v) is 11.5. The summed E-state index contributed by atoms with van der Waals surface area (Å²) < 4.78 is 11.6. The lowest BCUT2D eigenvalue weighted by Crippen LogP contribution is -2.29. The zero-order chi connectivity index (χ0) is 24.5. The fourth-order valence-corrected chi connectivity index (χ4v) is 4.80. The van der Waals surface area contributed by atoms with Gasteiger partial charge in [0.05, 0.1) is 29.4 Å². The average molecular weight is 506 g/mol. The third-order valence-electron chi connectivity index (χ3n) is 5.82. The van der Waals surface area contributed by atoms with Crippen LogP contribution in [0.4, 0.5) is 5.69 Å². The Morgan fingerprint density at radius 1 is 1.14 bits per heavy atom. The molecule has 7 nitrogen and oxygen atoms in total. The van der Waals surface area contributed by atoms with E-state index in [2.05, 4.69) is 10.3 Å². The highest BCUT2D eigenvalue weighted by atomic mass is 35.5. The van der Waals surface area contributed by atoms with E-state index in [0.29, 0.717) is 33.0 Å². The zero-order valence-electron chi connectivity index (χ0n) is 18.5. The second kappa shape index (κ2) is 9.40. The molecule has 0 aliphatic carbocycles. The van der Waals surface area contributed by atoms with Crippen molar-refractivity contribution in [1.82, 2.24) is 10.3 Å². The molecule has 5 rings (SSSR count). The summed E-state index contributed by atoms with van der Waals surface area (Å²) in [6.07, 6.45) is 1.73. The Labute approximate surface area is 211 Å². The van der Waals surface area contributed by atoms with E-state index < -0.39 is 5.97 Å². The first-order chi connectivity index (χ1) is 17.0. The Hall–Kier alpha value is -3.88. The lowest BCUT2D eigenvalue weighted by Gasteiger charge is -2.26. The fraction of sp³-hybridized carbons (Fsp3) is 0.115. The third kappa shape index (κ3) is 4.34. The molecule has 2 atom stereocenters. The van der Waals surface area contributed by atoms with Crippen LogP contribution in [0.1, 0.15) is 33.9 Å². The predicted octanol–water partition coefficient (Wildman–Crippen LogP) is 5.88. The summed E-state index contributed by atoms with van der Waals surface area (Å²) >= 11 is 12.2. The zero-order valence-corrected chi connectivity index (χ0v) is 20.1. The van der Waals surface area contributed by atoms with Crippen LogP contribution in [0, 0.1) is 0 Å². The van der Waals surface area contributed by atoms with Crippen molar-refractivity contribution in [2.45, 2.75) is 12.1 Å². The minimum atomic E-state index is -0.998. The van der Waals surface area contributed by atoms with Gasteiger partial charge in [0.1, 0.15) is 23.3 Å². The van der Waals surface area contributed by atoms with Crippen LogP contribution in [0.15, 0.2) is 83.4 Å². The topological polar surface area (TPSA) is 87.8 Å². The normalized spacial score (nSPS) is 17.3. The lowest BCUT2D eigenvalue weighted by molar-refractivity contribution is 0.0697. The number of furan rings is 1. The van der Waals surface area contributed by atoms with E-state index in [1.807, 2.05) is 47.4 Å². The van der Waals surface area contributed by atoms with Crippen molar-refractivity contribution in [2.24, 2.45) is 0 Å². The number of rotatable bonds is 6. The summed E-state index contributed by atoms with van der Waals surface area (Å²) in [4.78, 5) is 17.9. The molecule has 1 fully saturated rings. The monoisotopic (exact) mass is 505 g/mol. The first kappa shape index (κ1) is 22.9. The molecule has 3 heterocycles. The van der Waals surface area contributed by atoms with Crippen molar-refractivity contribution >= 4 is 40.6 Å². The number of anilines is 1. The van der Waals surface area contributed by atoms with Crippen LogP contribution in [0.2, 0.25) is 5.02 Å². The van der Waals surface area contributed by atoms with Crippen molar-refractivity contribution < 1.29 is 19.1 Å². The number of hydrogen-bond acceptors (Lipinski definition) is 5. The molecule has 0 spiro atoms. The molecule has 4 aromatic rings. The van der Waals surface area contributed by atoms with Gasteiger partial charge in [0.25, 0.3) is 0 Å². The van der Waals surface area contributed by atoms with Crippen LogP contribution in [0.25, 0.3) is 11.3 Å². The highest BCUT2D eigenvalue weighted by molar-refractivity contribution is 7.80. The van der Waals surface area contributed by atoms with Crippen LogP contribution in [-0.2, 0) is 0 Å². The number of carbonyl (C=O) groups is 1. The number of aromatic nitrogens is 1. The van der Waals surface area contributed by atoms with Crippen molar-refractivity contribution in [2.75, 3.05) is 12.0 Å². The number of halogens is 1. The van der Waals surface area contributed by atoms with E-state index in [9.17, 15) is 9.90 Å². The summed E-state index contributed by atoms with van der Waals surface area (Å²) in [6.45, 7) is 0. The van der Waals surface area contributed by atoms with E-state index >= 15 is 0 Å². The molecule has 1 aliphatic rings. The Balaban J connectivity index is 1.59. The van der Waals surface area contributed by atoms with E-state index in [1.165, 1.54) is 0 Å². The third-order valence-corrected chi connectivity index (χ3v) is 6.43. The second-order valence-electron chi connectivity index (χ2n) is 7.90. The standard InChI is InChI=1S/C26H20ClN3O4S/c1-33-21-9-8-17(14-18(21)27)30-24(23(29-26(30)35)19-7-2-3-12-28-19)22-11-10-20(34-22)15-5-4-6-16(13-15)25(31)32/h2-14,23-24H,1H3,(H,29,35)(H,31,32)/t23-,24+/m1/s1. The van der Waals surface area contributed by atoms with Crippen LogP contribution in [0.5, 0.6) is 5.75 Å². The summed E-state index contributed by atoms with van der Waals surface area (Å²) in [5, 5.41) is 13.7. The van der Waals surface area contributed by atoms with Crippen molar-refractivity contribution in [3.63, 3.8) is 0 Å². The SMILES string of the molecule is COc1ccc(N2C(=S)N[C@H](c3ccccn3)[C@@H]2c2ccc(-c3cccc(C(=O)O)c3)o2)cc1Cl. The highest BCUT2D eigenvalue weighted by Gasteiger charge is 2.42. The summed E-state index contributed by atoms with van der Waals surface area (Å²) in [6, 6.07) is 20.8. The summed E-state index contributed by atoms with van der Waals surface area (Å²) in [5.74, 6) is 0.746. The van der Waals surface area contributed by atoms with E-state index in [0.717, 1.165) is 11.4 Å². The molecule has 0 unspecified atom stereocenters. The minimum Gasteiger partial charge on any atom is -0.495 e. The fourth-order valence-electron chi connectivity index (χ4n) is 4.20. The van der Waals surface area contributed by atoms with Crippen molar-refractivity contribution in [1.29, 1.82) is 0 Å². The molecule has 1 saturated heterocycles. The number of ether oxygens (including phenoxy) is 1. The lowest BCUT2D eigenvalue weighted by atomic mass is 10.0. The molecule has 2 aromatic carbocycles. The van der Waals surface area contributed by atoms with Gasteiger partial charge in [0.2, 0.25) is 0 Å². The van der Waals surface area contributed by atoms with Gasteiger partial charge in [-0.15, -0.1) is 0 Å². The average Bonchev–Trinajstić information content (AvgIpc) is 3.49. The van der Waals surface area contributed by atoms with Gasteiger partial charge >= 0.3 is 5.97 Å². The maximum atomic E-state index is 11.4. The van der Waals surface area contributed by atoms with Crippen LogP contribution in [0.3, 0.4) is 0 Å². The Bertz CT molecular complexity index is 1410. The molecule has 9 heteroatoms. The van der Waals surface area contributed by atoms with Gasteiger partial charge in [-0.3, -0.25) is 4.98 Å². The number of thiocarbonyl (C=S) groups is 1. The van der Waals surface area contributed by atoms with Crippen molar-refractivity contribution in [3.8, 4) is 17.1 Å². The largest absolute Gasteiger partial charge is 0.495 e. The van der Waals surface area contributed by atoms with Gasteiger partial charge in [0.15, 0.2) is 5.11 Å². The molecule has 35 heavy (non-hydrogen) atoms. The Morgan fingerprint density at radius 2 is 2.00 bits per heavy atom. The Kier molecular flexibility index (Phi) is 6.15. The van der Waals surface area contributed by atoms with Crippen LogP contribution in [-0.4, -0.2) is 28.3 Å². The van der Waals surface area contributed by atoms with Gasteiger partial charge in [0, 0.05) is 17.4 Å². The molecular formula is C26H20ClN3O4S. The molecule has 1 aliphatic heterocycles. The molecule has 2 aromatic heterocycles. The van der Waals surface area contributed by atoms with Crippen LogP contribution < -0.4 is 15.0 Å². The maximum absolute atomic E-state index is 11.4. The van der Waals surface area contributed by atoms with Crippen molar-refractivity contribution in [3.05, 3.63) is 101 Å². The number of nitrogens with one attached hydrogen (secondary N) is 1. The number of carboxylic acids is 1. The maximum Gasteiger partial charge on any atom is 0.335 e. The number of methoxy groups -OCH3 is 1. The van der Waals surface area contributed by atoms with E-state index in [4.69, 9.17) is 33.0 Å². The molecule has 0 saturated carbocycles. The predicted molar refractivity (Wildman–Crippen MR) is 137 cm³/mol. The minimum absolute atomic E-state index is 0.185. The second-order valence-corrected chi connectivity index (χ2v) is 8.70. The number of nitrogens with zero attached hydrogens (tertiary/aromatic N) is 2. The smallest absolute Gasteiger partial charge is 0.335 e.